The molecule has 12 heavy (non-hydrogen) atoms. The number of hydrogen-bond donors (Lipinski definition) is 0. The molecule has 0 amide bonds. The van der Waals surface area contributed by atoms with E-state index in [0.717, 1.165) is 0 Å². The lowest BCUT2D eigenvalue weighted by atomic mass is 10.6. The average Bonchev–Trinajstić information content (AvgIpc) is 2.10. The van der Waals surface area contributed by atoms with E-state index in [2.05, 4.69) is 0 Å². The fourth-order valence-corrected chi connectivity index (χ4v) is 0.652. The van der Waals surface area contributed by atoms with Crippen LogP contribution in [0.4, 0.5) is 0 Å². The van der Waals surface area contributed by atoms with E-state index in [9.17, 15) is 0 Å². The lowest BCUT2D eigenvalue weighted by Crippen LogP contribution is -2.22. The van der Waals surface area contributed by atoms with Crippen LogP contribution in [0.1, 0.15) is 27.7 Å². The summed E-state index contributed by atoms with van der Waals surface area (Å²) in [7, 11) is 1.63. The summed E-state index contributed by atoms with van der Waals surface area (Å²) in [5, 5.41) is 0. The van der Waals surface area contributed by atoms with Gasteiger partial charge in [-0.25, -0.2) is 0 Å². The van der Waals surface area contributed by atoms with Gasteiger partial charge in [0, 0.05) is 20.3 Å². The predicted octanol–water partition coefficient (Wildman–Crippen LogP) is 2.06. The summed E-state index contributed by atoms with van der Waals surface area (Å²) in [5.41, 5.74) is 0. The van der Waals surface area contributed by atoms with E-state index in [4.69, 9.17) is 14.2 Å². The highest BCUT2D eigenvalue weighted by molar-refractivity contribution is 4.38. The molecule has 0 fully saturated rings. The summed E-state index contributed by atoms with van der Waals surface area (Å²) in [6.07, 6.45) is -0.194. The van der Waals surface area contributed by atoms with Crippen LogP contribution < -0.4 is 0 Å². The Balaban J connectivity index is 0. The molecule has 0 N–H and O–H groups in total. The minimum Gasteiger partial charge on any atom is -0.379 e. The summed E-state index contributed by atoms with van der Waals surface area (Å²) in [4.78, 5) is 0. The quantitative estimate of drug-likeness (QED) is 0.583. The lowest BCUT2D eigenvalue weighted by molar-refractivity contribution is -0.162. The molecule has 0 saturated carbocycles. The highest BCUT2D eigenvalue weighted by atomic mass is 16.7. The molecule has 76 valence electrons. The van der Waals surface area contributed by atoms with Gasteiger partial charge in [-0.05, 0) is 13.8 Å². The van der Waals surface area contributed by atoms with Crippen molar-refractivity contribution in [1.29, 1.82) is 0 Å². The van der Waals surface area contributed by atoms with Gasteiger partial charge in [-0.3, -0.25) is 0 Å². The molecule has 3 heteroatoms. The van der Waals surface area contributed by atoms with Gasteiger partial charge in [-0.2, -0.15) is 0 Å². The van der Waals surface area contributed by atoms with Crippen LogP contribution in [-0.4, -0.2) is 33.2 Å². The Labute approximate surface area is 76.0 Å². The topological polar surface area (TPSA) is 27.7 Å². The van der Waals surface area contributed by atoms with Crippen molar-refractivity contribution in [3.8, 4) is 0 Å². The molecule has 0 aromatic rings. The zero-order valence-electron chi connectivity index (χ0n) is 8.92. The first-order valence-corrected chi connectivity index (χ1v) is 4.57. The van der Waals surface area contributed by atoms with Crippen molar-refractivity contribution in [2.45, 2.75) is 34.0 Å². The van der Waals surface area contributed by atoms with Crippen LogP contribution in [0, 0.1) is 0 Å². The Hall–Kier alpha value is -0.120. The minimum atomic E-state index is -0.194. The van der Waals surface area contributed by atoms with Crippen LogP contribution in [0.3, 0.4) is 0 Å². The van der Waals surface area contributed by atoms with Crippen molar-refractivity contribution in [2.24, 2.45) is 0 Å². The molecule has 0 aliphatic carbocycles. The van der Waals surface area contributed by atoms with Gasteiger partial charge < -0.3 is 14.2 Å². The molecule has 0 heterocycles. The second-order valence-electron chi connectivity index (χ2n) is 1.80. The molecule has 0 aliphatic heterocycles. The number of hydrogen-bond acceptors (Lipinski definition) is 3. The molecule has 0 bridgehead atoms. The van der Waals surface area contributed by atoms with E-state index in [1.807, 2.05) is 27.7 Å². The van der Waals surface area contributed by atoms with E-state index in [0.29, 0.717) is 19.8 Å². The molecule has 0 unspecified atom stereocenters. The zero-order chi connectivity index (χ0) is 9.82. The molecule has 0 radical (unpaired) electrons. The monoisotopic (exact) mass is 178 g/mol. The van der Waals surface area contributed by atoms with Crippen LogP contribution in [-0.2, 0) is 14.2 Å². The first kappa shape index (κ1) is 14.4. The van der Waals surface area contributed by atoms with Crippen molar-refractivity contribution >= 4 is 0 Å². The van der Waals surface area contributed by atoms with E-state index >= 15 is 0 Å². The molecular formula is C9H22O3. The normalized spacial score (nSPS) is 9.50. The van der Waals surface area contributed by atoms with Crippen LogP contribution in [0.5, 0.6) is 0 Å². The first-order chi connectivity index (χ1) is 5.85. The van der Waals surface area contributed by atoms with E-state index in [1.165, 1.54) is 0 Å². The van der Waals surface area contributed by atoms with Gasteiger partial charge in [-0.15, -0.1) is 0 Å². The van der Waals surface area contributed by atoms with Gasteiger partial charge in [0.1, 0.15) is 0 Å². The Morgan fingerprint density at radius 2 is 1.42 bits per heavy atom. The fraction of sp³-hybridized carbons (Fsp3) is 1.00. The van der Waals surface area contributed by atoms with Gasteiger partial charge in [0.2, 0.25) is 0 Å². The molecule has 0 atom stereocenters. The summed E-state index contributed by atoms with van der Waals surface area (Å²) in [6.45, 7) is 9.69. The highest BCUT2D eigenvalue weighted by Crippen LogP contribution is 1.94. The number of ether oxygens (including phenoxy) is 3. The largest absolute Gasteiger partial charge is 0.379 e. The van der Waals surface area contributed by atoms with Gasteiger partial charge in [0.25, 0.3) is 0 Å². The van der Waals surface area contributed by atoms with Crippen molar-refractivity contribution in [1.82, 2.24) is 0 Å². The Kier molecular flexibility index (Phi) is 16.2. The molecule has 3 nitrogen and oxygen atoms in total. The molecule has 0 spiro atoms. The SMILES string of the molecule is CC.CCOC(COC)OCC. The molecule has 0 saturated heterocycles. The molecule has 0 aromatic heterocycles. The van der Waals surface area contributed by atoms with Crippen LogP contribution >= 0.6 is 0 Å². The third-order valence-electron chi connectivity index (χ3n) is 1.01. The van der Waals surface area contributed by atoms with Crippen molar-refractivity contribution in [3.05, 3.63) is 0 Å². The predicted molar refractivity (Wildman–Crippen MR) is 50.3 cm³/mol. The maximum absolute atomic E-state index is 5.18. The van der Waals surface area contributed by atoms with Crippen molar-refractivity contribution in [2.75, 3.05) is 26.9 Å². The summed E-state index contributed by atoms with van der Waals surface area (Å²) >= 11 is 0. The maximum Gasteiger partial charge on any atom is 0.180 e. The zero-order valence-corrected chi connectivity index (χ0v) is 8.92. The average molecular weight is 178 g/mol. The highest BCUT2D eigenvalue weighted by Gasteiger charge is 2.04. The third kappa shape index (κ3) is 9.88. The first-order valence-electron chi connectivity index (χ1n) is 4.57. The second-order valence-corrected chi connectivity index (χ2v) is 1.80. The van der Waals surface area contributed by atoms with Crippen LogP contribution in [0.25, 0.3) is 0 Å². The molecule has 0 aromatic carbocycles. The van der Waals surface area contributed by atoms with Gasteiger partial charge in [-0.1, -0.05) is 13.8 Å². The smallest absolute Gasteiger partial charge is 0.180 e. The van der Waals surface area contributed by atoms with Crippen molar-refractivity contribution < 1.29 is 14.2 Å². The van der Waals surface area contributed by atoms with E-state index in [-0.39, 0.29) is 6.29 Å². The van der Waals surface area contributed by atoms with Gasteiger partial charge in [0.15, 0.2) is 6.29 Å². The van der Waals surface area contributed by atoms with E-state index < -0.39 is 0 Å². The number of rotatable bonds is 6. The Bertz CT molecular complexity index is 52.5. The summed E-state index contributed by atoms with van der Waals surface area (Å²) < 4.78 is 15.2. The Morgan fingerprint density at radius 3 is 1.67 bits per heavy atom. The molecule has 0 aliphatic rings. The fourth-order valence-electron chi connectivity index (χ4n) is 0.652. The minimum absolute atomic E-state index is 0.194. The van der Waals surface area contributed by atoms with Gasteiger partial charge in [0.05, 0.1) is 6.61 Å². The molecule has 0 rings (SSSR count). The summed E-state index contributed by atoms with van der Waals surface area (Å²) in [6, 6.07) is 0. The molecular weight excluding hydrogens is 156 g/mol. The lowest BCUT2D eigenvalue weighted by Gasteiger charge is -2.14. The van der Waals surface area contributed by atoms with Crippen LogP contribution in [0.15, 0.2) is 0 Å². The maximum atomic E-state index is 5.18. The van der Waals surface area contributed by atoms with Gasteiger partial charge >= 0.3 is 0 Å². The second kappa shape index (κ2) is 13.5. The van der Waals surface area contributed by atoms with Crippen LogP contribution in [0.2, 0.25) is 0 Å². The third-order valence-corrected chi connectivity index (χ3v) is 1.01. The standard InChI is InChI=1S/C7H16O3.C2H6/c1-4-9-7(6-8-3)10-5-2;1-2/h7H,4-6H2,1-3H3;1-2H3. The number of methoxy groups -OCH3 is 1. The van der Waals surface area contributed by atoms with Crippen molar-refractivity contribution in [3.63, 3.8) is 0 Å². The Morgan fingerprint density at radius 1 is 1.00 bits per heavy atom. The van der Waals surface area contributed by atoms with E-state index in [1.54, 1.807) is 7.11 Å². The summed E-state index contributed by atoms with van der Waals surface area (Å²) in [5.74, 6) is 0.